The Morgan fingerprint density at radius 3 is 1.04 bits per heavy atom. The molecular weight excluding hydrogens is 735 g/mol. The highest BCUT2D eigenvalue weighted by molar-refractivity contribution is 14.1. The van der Waals surface area contributed by atoms with Gasteiger partial charge in [-0.15, -0.1) is 0 Å². The third-order valence-electron chi connectivity index (χ3n) is 6.81. The number of halogens is 1. The minimum absolute atomic E-state index is 0.520. The maximum atomic E-state index is 5.77. The van der Waals surface area contributed by atoms with Gasteiger partial charge in [0.25, 0.3) is 0 Å². The quantitative estimate of drug-likeness (QED) is 0.0474. The maximum Gasteiger partial charge on any atom is 0.119 e. The van der Waals surface area contributed by atoms with Gasteiger partial charge in [-0.05, 0) is 30.5 Å². The highest BCUT2D eigenvalue weighted by Gasteiger charge is 1.99. The third kappa shape index (κ3) is 33.8. The molecule has 48 heavy (non-hydrogen) atoms. The lowest BCUT2D eigenvalue weighted by molar-refractivity contribution is -0.0265. The Morgan fingerprint density at radius 2 is 0.688 bits per heavy atom. The van der Waals surface area contributed by atoms with Crippen LogP contribution in [0.3, 0.4) is 0 Å². The lowest BCUT2D eigenvalue weighted by atomic mass is 10.0. The molecule has 0 aromatic heterocycles. The van der Waals surface area contributed by atoms with Crippen molar-refractivity contribution in [2.24, 2.45) is 0 Å². The van der Waals surface area contributed by atoms with E-state index in [1.54, 1.807) is 0 Å². The Morgan fingerprint density at radius 1 is 0.375 bits per heavy atom. The summed E-state index contributed by atoms with van der Waals surface area (Å²) in [5.41, 5.74) is 1.38. The summed E-state index contributed by atoms with van der Waals surface area (Å²) in [6.07, 6.45) is 9.10. The summed E-state index contributed by atoms with van der Waals surface area (Å²) in [7, 11) is 0. The first-order valence-corrected chi connectivity index (χ1v) is 19.4. The molecule has 0 aliphatic carbocycles. The van der Waals surface area contributed by atoms with Gasteiger partial charge in [-0.25, -0.2) is 0 Å². The van der Waals surface area contributed by atoms with Crippen molar-refractivity contribution >= 4 is 22.6 Å². The molecule has 0 fully saturated rings. The van der Waals surface area contributed by atoms with Crippen LogP contribution in [0.1, 0.15) is 51.0 Å². The van der Waals surface area contributed by atoms with Crippen LogP contribution < -0.4 is 4.74 Å². The molecule has 1 aromatic carbocycles. The van der Waals surface area contributed by atoms with Gasteiger partial charge in [-0.1, -0.05) is 73.8 Å². The number of aryl methyl sites for hydroxylation is 1. The highest BCUT2D eigenvalue weighted by atomic mass is 127. The Labute approximate surface area is 304 Å². The van der Waals surface area contributed by atoms with E-state index in [-0.39, 0.29) is 0 Å². The molecule has 1 aromatic rings. The zero-order valence-corrected chi connectivity index (χ0v) is 31.8. The molecule has 0 aliphatic rings. The molecule has 0 unspecified atom stereocenters. The Bertz CT molecular complexity index is 745. The second-order valence-corrected chi connectivity index (χ2v) is 11.9. The van der Waals surface area contributed by atoms with Crippen LogP contribution in [0.25, 0.3) is 0 Å². The number of unbranched alkanes of at least 4 members (excludes halogenated alkanes) is 5. The molecule has 0 radical (unpaired) electrons. The first-order chi connectivity index (χ1) is 23.9. The van der Waals surface area contributed by atoms with Gasteiger partial charge in [0, 0.05) is 4.43 Å². The van der Waals surface area contributed by atoms with E-state index in [1.807, 2.05) is 0 Å². The van der Waals surface area contributed by atoms with Crippen LogP contribution >= 0.6 is 22.6 Å². The first-order valence-electron chi connectivity index (χ1n) is 17.9. The Balaban J connectivity index is 1.69. The second-order valence-electron chi connectivity index (χ2n) is 10.8. The molecule has 0 saturated heterocycles. The highest BCUT2D eigenvalue weighted by Crippen LogP contribution is 2.15. The molecule has 11 nitrogen and oxygen atoms in total. The number of benzene rings is 1. The molecule has 0 saturated carbocycles. The zero-order chi connectivity index (χ0) is 34.3. The second kappa shape index (κ2) is 39.1. The standard InChI is InChI=1S/C36H65IO11/c1-2-3-4-5-6-7-8-35-9-11-36(12-10-35)48-34-33-47-32-31-46-30-29-45-28-27-44-26-25-43-24-23-42-22-21-41-20-19-40-18-17-39-16-15-38-14-13-37/h9-12H,2-8,13-34H2,1H3. The Kier molecular flexibility index (Phi) is 37.0. The van der Waals surface area contributed by atoms with Gasteiger partial charge in [0.2, 0.25) is 0 Å². The molecule has 0 atom stereocenters. The number of ether oxygens (including phenoxy) is 11. The largest absolute Gasteiger partial charge is 0.491 e. The molecule has 0 aliphatic heterocycles. The van der Waals surface area contributed by atoms with Crippen molar-refractivity contribution in [2.75, 3.05) is 143 Å². The first kappa shape index (κ1) is 45.4. The molecule has 0 bridgehead atoms. The molecule has 12 heteroatoms. The molecule has 0 spiro atoms. The van der Waals surface area contributed by atoms with Crippen molar-refractivity contribution in [2.45, 2.75) is 51.9 Å². The van der Waals surface area contributed by atoms with E-state index in [9.17, 15) is 0 Å². The average molecular weight is 801 g/mol. The minimum atomic E-state index is 0.520. The summed E-state index contributed by atoms with van der Waals surface area (Å²) in [6, 6.07) is 8.44. The number of hydrogen-bond acceptors (Lipinski definition) is 11. The van der Waals surface area contributed by atoms with E-state index in [0.29, 0.717) is 132 Å². The average Bonchev–Trinajstić information content (AvgIpc) is 3.11. The molecule has 0 heterocycles. The summed E-state index contributed by atoms with van der Waals surface area (Å²) in [5.74, 6) is 0.887. The van der Waals surface area contributed by atoms with Gasteiger partial charge < -0.3 is 52.1 Å². The van der Waals surface area contributed by atoms with Gasteiger partial charge in [-0.2, -0.15) is 0 Å². The summed E-state index contributed by atoms with van der Waals surface area (Å²) in [5, 5.41) is 0. The molecule has 282 valence electrons. The fourth-order valence-electron chi connectivity index (χ4n) is 4.22. The van der Waals surface area contributed by atoms with Crippen LogP contribution in [0.4, 0.5) is 0 Å². The van der Waals surface area contributed by atoms with Crippen molar-refractivity contribution in [1.82, 2.24) is 0 Å². The van der Waals surface area contributed by atoms with Gasteiger partial charge >= 0.3 is 0 Å². The van der Waals surface area contributed by atoms with Crippen LogP contribution in [0, 0.1) is 0 Å². The predicted molar refractivity (Wildman–Crippen MR) is 196 cm³/mol. The van der Waals surface area contributed by atoms with E-state index in [2.05, 4.69) is 53.8 Å². The third-order valence-corrected chi connectivity index (χ3v) is 7.25. The van der Waals surface area contributed by atoms with Gasteiger partial charge in [-0.3, -0.25) is 0 Å². The topological polar surface area (TPSA) is 102 Å². The van der Waals surface area contributed by atoms with Crippen LogP contribution in [-0.2, 0) is 53.8 Å². The van der Waals surface area contributed by atoms with Gasteiger partial charge in [0.15, 0.2) is 0 Å². The minimum Gasteiger partial charge on any atom is -0.491 e. The number of hydrogen-bond donors (Lipinski definition) is 0. The molecule has 0 amide bonds. The summed E-state index contributed by atoms with van der Waals surface area (Å²) in [6.45, 7) is 13.8. The fraction of sp³-hybridized carbons (Fsp3) is 0.833. The summed E-state index contributed by atoms with van der Waals surface area (Å²) < 4.78 is 61.6. The Hall–Kier alpha value is -0.650. The lowest BCUT2D eigenvalue weighted by Gasteiger charge is -2.09. The summed E-state index contributed by atoms with van der Waals surface area (Å²) in [4.78, 5) is 0. The molecular formula is C36H65IO11. The van der Waals surface area contributed by atoms with E-state index < -0.39 is 0 Å². The zero-order valence-electron chi connectivity index (χ0n) is 29.7. The fourth-order valence-corrected chi connectivity index (χ4v) is 4.53. The number of rotatable bonds is 40. The van der Waals surface area contributed by atoms with Crippen LogP contribution in [-0.4, -0.2) is 143 Å². The smallest absolute Gasteiger partial charge is 0.119 e. The normalized spacial score (nSPS) is 11.5. The van der Waals surface area contributed by atoms with Gasteiger partial charge in [0.05, 0.1) is 132 Å². The van der Waals surface area contributed by atoms with Crippen molar-refractivity contribution in [3.05, 3.63) is 29.8 Å². The van der Waals surface area contributed by atoms with E-state index in [1.165, 1.54) is 44.1 Å². The molecule has 1 rings (SSSR count). The maximum absolute atomic E-state index is 5.77. The predicted octanol–water partition coefficient (Wildman–Crippen LogP) is 5.57. The molecule has 0 N–H and O–H groups in total. The summed E-state index contributed by atoms with van der Waals surface area (Å²) >= 11 is 2.28. The van der Waals surface area contributed by atoms with E-state index in [0.717, 1.165) is 23.2 Å². The number of alkyl halides is 1. The van der Waals surface area contributed by atoms with Crippen molar-refractivity contribution in [1.29, 1.82) is 0 Å². The van der Waals surface area contributed by atoms with Crippen molar-refractivity contribution in [3.63, 3.8) is 0 Å². The van der Waals surface area contributed by atoms with Crippen molar-refractivity contribution < 1.29 is 52.1 Å². The van der Waals surface area contributed by atoms with E-state index in [4.69, 9.17) is 52.1 Å². The van der Waals surface area contributed by atoms with E-state index >= 15 is 0 Å². The van der Waals surface area contributed by atoms with Gasteiger partial charge in [0.1, 0.15) is 12.4 Å². The van der Waals surface area contributed by atoms with Crippen LogP contribution in [0.15, 0.2) is 24.3 Å². The SMILES string of the molecule is CCCCCCCCc1ccc(OCCOCCOCCOCCOCCOCCOCCOCCOCCOCCOCCI)cc1. The van der Waals surface area contributed by atoms with Crippen molar-refractivity contribution in [3.8, 4) is 5.75 Å². The lowest BCUT2D eigenvalue weighted by Crippen LogP contribution is -2.15. The monoisotopic (exact) mass is 800 g/mol. The van der Waals surface area contributed by atoms with Crippen LogP contribution in [0.2, 0.25) is 0 Å². The van der Waals surface area contributed by atoms with Crippen LogP contribution in [0.5, 0.6) is 5.75 Å².